The van der Waals surface area contributed by atoms with Crippen LogP contribution in [0.1, 0.15) is 22.8 Å². The quantitative estimate of drug-likeness (QED) is 0.715. The van der Waals surface area contributed by atoms with Crippen molar-refractivity contribution in [1.82, 2.24) is 9.62 Å². The zero-order valence-electron chi connectivity index (χ0n) is 15.1. The zero-order chi connectivity index (χ0) is 20.0. The number of benzene rings is 2. The second kappa shape index (κ2) is 8.79. The lowest BCUT2D eigenvalue weighted by molar-refractivity contribution is -0.141. The Labute approximate surface area is 158 Å². The average Bonchev–Trinajstić information content (AvgIpc) is 2.65. The Morgan fingerprint density at radius 1 is 1.07 bits per heavy atom. The Balaban J connectivity index is 2.20. The van der Waals surface area contributed by atoms with Gasteiger partial charge in [-0.1, -0.05) is 37.3 Å². The molecule has 0 saturated carbocycles. The minimum Gasteiger partial charge on any atom is -0.480 e. The van der Waals surface area contributed by atoms with Gasteiger partial charge in [-0.2, -0.15) is 0 Å². The van der Waals surface area contributed by atoms with E-state index in [1.54, 1.807) is 31.2 Å². The molecule has 0 aliphatic rings. The summed E-state index contributed by atoms with van der Waals surface area (Å²) in [6.45, 7) is 1.93. The Hall–Kier alpha value is -2.71. The fourth-order valence-corrected chi connectivity index (χ4v) is 3.66. The summed E-state index contributed by atoms with van der Waals surface area (Å²) in [5, 5.41) is 9.53. The second-order valence-corrected chi connectivity index (χ2v) is 7.75. The van der Waals surface area contributed by atoms with Gasteiger partial charge in [0.05, 0.1) is 4.90 Å². The van der Waals surface area contributed by atoms with Crippen LogP contribution < -0.4 is 4.72 Å². The topological polar surface area (TPSA) is 104 Å². The van der Waals surface area contributed by atoms with Crippen molar-refractivity contribution < 1.29 is 23.1 Å². The molecule has 0 heterocycles. The molecule has 2 N–H and O–H groups in total. The second-order valence-electron chi connectivity index (χ2n) is 5.99. The minimum atomic E-state index is -3.61. The number of nitrogens with zero attached hydrogens (tertiary/aromatic N) is 1. The molecular formula is C19H22N2O5S. The Morgan fingerprint density at radius 3 is 2.19 bits per heavy atom. The molecule has 0 saturated heterocycles. The first-order chi connectivity index (χ1) is 12.8. The number of nitrogens with one attached hydrogen (secondary N) is 1. The van der Waals surface area contributed by atoms with Crippen LogP contribution in [0.5, 0.6) is 0 Å². The van der Waals surface area contributed by atoms with Crippen LogP contribution in [0, 0.1) is 0 Å². The van der Waals surface area contributed by atoms with Crippen molar-refractivity contribution in [2.24, 2.45) is 0 Å². The predicted molar refractivity (Wildman–Crippen MR) is 101 cm³/mol. The van der Waals surface area contributed by atoms with E-state index in [2.05, 4.69) is 4.72 Å². The first kappa shape index (κ1) is 20.6. The van der Waals surface area contributed by atoms with Gasteiger partial charge in [-0.05, 0) is 29.8 Å². The third kappa shape index (κ3) is 5.15. The van der Waals surface area contributed by atoms with Crippen molar-refractivity contribution >= 4 is 21.9 Å². The summed E-state index contributed by atoms with van der Waals surface area (Å²) < 4.78 is 26.3. The molecule has 0 aromatic heterocycles. The van der Waals surface area contributed by atoms with Crippen molar-refractivity contribution in [3.63, 3.8) is 0 Å². The maximum Gasteiger partial charge on any atom is 0.326 e. The monoisotopic (exact) mass is 390 g/mol. The van der Waals surface area contributed by atoms with Crippen LogP contribution >= 0.6 is 0 Å². The molecule has 0 aliphatic carbocycles. The van der Waals surface area contributed by atoms with Crippen molar-refractivity contribution in [3.05, 3.63) is 65.7 Å². The number of sulfonamides is 1. The molecule has 2 aromatic rings. The first-order valence-corrected chi connectivity index (χ1v) is 9.88. The summed E-state index contributed by atoms with van der Waals surface area (Å²) in [5.74, 6) is -1.60. The zero-order valence-corrected chi connectivity index (χ0v) is 15.9. The minimum absolute atomic E-state index is 0.0441. The molecule has 0 spiro atoms. The van der Waals surface area contributed by atoms with Crippen molar-refractivity contribution in [3.8, 4) is 0 Å². The molecule has 1 amide bonds. The van der Waals surface area contributed by atoms with Gasteiger partial charge < -0.3 is 10.0 Å². The number of carboxylic acids is 1. The van der Waals surface area contributed by atoms with Gasteiger partial charge in [0.2, 0.25) is 10.0 Å². The van der Waals surface area contributed by atoms with E-state index in [-0.39, 0.29) is 23.4 Å². The predicted octanol–water partition coefficient (Wildman–Crippen LogP) is 1.75. The fraction of sp³-hybridized carbons (Fsp3) is 0.263. The highest BCUT2D eigenvalue weighted by Crippen LogP contribution is 2.15. The largest absolute Gasteiger partial charge is 0.480 e. The summed E-state index contributed by atoms with van der Waals surface area (Å²) >= 11 is 0. The highest BCUT2D eigenvalue weighted by atomic mass is 32.2. The number of carbonyl (C=O) groups excluding carboxylic acids is 1. The molecule has 7 nitrogen and oxygen atoms in total. The van der Waals surface area contributed by atoms with Crippen LogP contribution in [-0.2, 0) is 21.2 Å². The average molecular weight is 390 g/mol. The molecule has 8 heteroatoms. The Kier molecular flexibility index (Phi) is 6.70. The van der Waals surface area contributed by atoms with Gasteiger partial charge in [-0.15, -0.1) is 0 Å². The SMILES string of the molecule is CCNS(=O)(=O)c1ccc(C(=O)N(C)C(Cc2ccccc2)C(=O)O)cc1. The molecule has 0 radical (unpaired) electrons. The van der Waals surface area contributed by atoms with Crippen LogP contribution in [0.2, 0.25) is 0 Å². The number of hydrogen-bond acceptors (Lipinski definition) is 4. The number of aliphatic carboxylic acids is 1. The number of hydrogen-bond donors (Lipinski definition) is 2. The molecule has 1 unspecified atom stereocenters. The van der Waals surface area contributed by atoms with E-state index in [0.717, 1.165) is 10.5 Å². The highest BCUT2D eigenvalue weighted by molar-refractivity contribution is 7.89. The van der Waals surface area contributed by atoms with E-state index in [4.69, 9.17) is 0 Å². The normalized spacial score (nSPS) is 12.4. The molecule has 144 valence electrons. The highest BCUT2D eigenvalue weighted by Gasteiger charge is 2.27. The lowest BCUT2D eigenvalue weighted by atomic mass is 10.0. The van der Waals surface area contributed by atoms with Crippen LogP contribution in [0.4, 0.5) is 0 Å². The molecule has 0 fully saturated rings. The van der Waals surface area contributed by atoms with Gasteiger partial charge in [0.15, 0.2) is 0 Å². The van der Waals surface area contributed by atoms with E-state index in [1.165, 1.54) is 31.3 Å². The van der Waals surface area contributed by atoms with Crippen LogP contribution in [-0.4, -0.2) is 49.9 Å². The molecular weight excluding hydrogens is 368 g/mol. The van der Waals surface area contributed by atoms with Gasteiger partial charge in [0.25, 0.3) is 5.91 Å². The lowest BCUT2D eigenvalue weighted by Crippen LogP contribution is -2.43. The summed E-state index contributed by atoms with van der Waals surface area (Å²) in [6, 6.07) is 13.4. The number of rotatable bonds is 8. The summed E-state index contributed by atoms with van der Waals surface area (Å²) in [7, 11) is -2.19. The summed E-state index contributed by atoms with van der Waals surface area (Å²) in [6.07, 6.45) is 0.172. The van der Waals surface area contributed by atoms with Crippen LogP contribution in [0.3, 0.4) is 0 Å². The fourth-order valence-electron chi connectivity index (χ4n) is 2.62. The van der Waals surface area contributed by atoms with Gasteiger partial charge in [-0.25, -0.2) is 17.9 Å². The smallest absolute Gasteiger partial charge is 0.326 e. The van der Waals surface area contributed by atoms with E-state index >= 15 is 0 Å². The molecule has 0 aliphatic heterocycles. The molecule has 1 atom stereocenters. The van der Waals surface area contributed by atoms with Gasteiger partial charge in [0, 0.05) is 25.6 Å². The van der Waals surface area contributed by atoms with Gasteiger partial charge >= 0.3 is 5.97 Å². The standard InChI is InChI=1S/C19H22N2O5S/c1-3-20-27(25,26)16-11-9-15(10-12-16)18(22)21(2)17(19(23)24)13-14-7-5-4-6-8-14/h4-12,17,20H,3,13H2,1-2H3,(H,23,24). The number of carbonyl (C=O) groups is 2. The lowest BCUT2D eigenvalue weighted by Gasteiger charge is -2.25. The maximum absolute atomic E-state index is 12.7. The molecule has 0 bridgehead atoms. The molecule has 2 aromatic carbocycles. The van der Waals surface area contributed by atoms with E-state index in [9.17, 15) is 23.1 Å². The van der Waals surface area contributed by atoms with Crippen molar-refractivity contribution in [2.75, 3.05) is 13.6 Å². The third-order valence-corrected chi connectivity index (χ3v) is 5.65. The first-order valence-electron chi connectivity index (χ1n) is 8.40. The van der Waals surface area contributed by atoms with E-state index < -0.39 is 27.9 Å². The van der Waals surface area contributed by atoms with Gasteiger partial charge in [-0.3, -0.25) is 4.79 Å². The van der Waals surface area contributed by atoms with Crippen LogP contribution in [0.15, 0.2) is 59.5 Å². The third-order valence-electron chi connectivity index (χ3n) is 4.09. The van der Waals surface area contributed by atoms with Crippen LogP contribution in [0.25, 0.3) is 0 Å². The Morgan fingerprint density at radius 2 is 1.67 bits per heavy atom. The summed E-state index contributed by atoms with van der Waals surface area (Å²) in [5.41, 5.74) is 1.02. The van der Waals surface area contributed by atoms with E-state index in [0.29, 0.717) is 0 Å². The van der Waals surface area contributed by atoms with E-state index in [1.807, 2.05) is 6.07 Å². The molecule has 2 rings (SSSR count). The molecule has 27 heavy (non-hydrogen) atoms. The van der Waals surface area contributed by atoms with Crippen molar-refractivity contribution in [2.45, 2.75) is 24.3 Å². The number of amides is 1. The van der Waals surface area contributed by atoms with Crippen molar-refractivity contribution in [1.29, 1.82) is 0 Å². The maximum atomic E-state index is 12.7. The Bertz CT molecular complexity index is 895. The summed E-state index contributed by atoms with van der Waals surface area (Å²) in [4.78, 5) is 25.5. The number of likely N-dealkylation sites (N-methyl/N-ethyl adjacent to an activating group) is 1. The number of carboxylic acid groups (broad SMARTS) is 1. The van der Waals surface area contributed by atoms with Gasteiger partial charge in [0.1, 0.15) is 6.04 Å².